The number of rotatable bonds is 13. The Morgan fingerprint density at radius 3 is 2.32 bits per heavy atom. The third kappa shape index (κ3) is 7.57. The molecule has 0 saturated heterocycles. The van der Waals surface area contributed by atoms with E-state index in [2.05, 4.69) is 10.5 Å². The van der Waals surface area contributed by atoms with Crippen LogP contribution in [0.5, 0.6) is 11.5 Å². The van der Waals surface area contributed by atoms with E-state index in [9.17, 15) is 13.2 Å². The van der Waals surface area contributed by atoms with Crippen LogP contribution in [0.15, 0.2) is 82.8 Å². The highest BCUT2D eigenvalue weighted by Gasteiger charge is 2.27. The van der Waals surface area contributed by atoms with E-state index in [1.807, 2.05) is 32.9 Å². The first-order chi connectivity index (χ1) is 17.9. The van der Waals surface area contributed by atoms with Crippen molar-refractivity contribution in [3.05, 3.63) is 83.9 Å². The summed E-state index contributed by atoms with van der Waals surface area (Å²) in [6.45, 7) is 6.54. The second-order valence-corrected chi connectivity index (χ2v) is 9.99. The fourth-order valence-corrected chi connectivity index (χ4v) is 4.92. The Morgan fingerprint density at radius 1 is 0.946 bits per heavy atom. The number of anilines is 1. The Kier molecular flexibility index (Phi) is 10.1. The average molecular weight is 524 g/mol. The van der Waals surface area contributed by atoms with Crippen LogP contribution < -0.4 is 19.2 Å². The molecule has 0 fully saturated rings. The summed E-state index contributed by atoms with van der Waals surface area (Å²) in [4.78, 5) is 12.9. The molecule has 9 heteroatoms. The molecule has 0 aromatic heterocycles. The molecule has 0 atom stereocenters. The lowest BCUT2D eigenvalue weighted by Gasteiger charge is -2.24. The third-order valence-corrected chi connectivity index (χ3v) is 7.17. The van der Waals surface area contributed by atoms with Crippen LogP contribution in [-0.2, 0) is 21.2 Å². The molecular weight excluding hydrogens is 490 g/mol. The molecule has 0 spiro atoms. The number of nitrogens with zero attached hydrogens (tertiary/aromatic N) is 2. The maximum absolute atomic E-state index is 13.4. The molecule has 0 aliphatic rings. The molecule has 0 radical (unpaired) electrons. The van der Waals surface area contributed by atoms with Crippen LogP contribution in [-0.4, -0.2) is 40.3 Å². The number of aryl methyl sites for hydroxylation is 1. The van der Waals surface area contributed by atoms with Gasteiger partial charge in [-0.15, -0.1) is 0 Å². The first kappa shape index (κ1) is 27.7. The summed E-state index contributed by atoms with van der Waals surface area (Å²) < 4.78 is 39.3. The summed E-state index contributed by atoms with van der Waals surface area (Å²) in [5, 5.41) is 4.02. The van der Waals surface area contributed by atoms with Gasteiger partial charge in [-0.25, -0.2) is 13.8 Å². The van der Waals surface area contributed by atoms with E-state index in [-0.39, 0.29) is 4.90 Å². The molecule has 0 aliphatic carbocycles. The zero-order chi connectivity index (χ0) is 26.7. The van der Waals surface area contributed by atoms with E-state index in [4.69, 9.17) is 9.47 Å². The lowest BCUT2D eigenvalue weighted by Crippen LogP contribution is -2.39. The summed E-state index contributed by atoms with van der Waals surface area (Å²) in [6.07, 6.45) is 3.16. The van der Waals surface area contributed by atoms with Crippen LogP contribution in [0.25, 0.3) is 0 Å². The first-order valence-electron chi connectivity index (χ1n) is 12.3. The molecule has 8 nitrogen and oxygen atoms in total. The van der Waals surface area contributed by atoms with Crippen molar-refractivity contribution < 1.29 is 22.7 Å². The van der Waals surface area contributed by atoms with Gasteiger partial charge >= 0.3 is 0 Å². The van der Waals surface area contributed by atoms with Crippen molar-refractivity contribution in [2.45, 2.75) is 38.5 Å². The number of hydrogen-bond donors (Lipinski definition) is 1. The maximum Gasteiger partial charge on any atom is 0.264 e. The summed E-state index contributed by atoms with van der Waals surface area (Å²) in [5.41, 5.74) is 4.58. The van der Waals surface area contributed by atoms with E-state index in [1.54, 1.807) is 48.5 Å². The standard InChI is InChI=1S/C28H33N3O5S/c1-4-18-36-26-17-14-23(19-27(26)35-6-3)20-29-30-28(32)21-31(24-15-12-22(5-2)13-16-24)37(33,34)25-10-8-7-9-11-25/h7-17,19-20H,4-6,18,21H2,1-3H3,(H,30,32)/b29-20-. The van der Waals surface area contributed by atoms with Gasteiger partial charge in [0.15, 0.2) is 11.5 Å². The van der Waals surface area contributed by atoms with Gasteiger partial charge in [-0.1, -0.05) is 44.2 Å². The minimum absolute atomic E-state index is 0.0969. The minimum atomic E-state index is -3.98. The Labute approximate surface area is 219 Å². The summed E-state index contributed by atoms with van der Waals surface area (Å²) in [5.74, 6) is 0.644. The summed E-state index contributed by atoms with van der Waals surface area (Å²) in [6, 6.07) is 20.5. The largest absolute Gasteiger partial charge is 0.490 e. The number of ether oxygens (including phenoxy) is 2. The monoisotopic (exact) mass is 523 g/mol. The van der Waals surface area contributed by atoms with Gasteiger partial charge in [0.2, 0.25) is 0 Å². The molecule has 3 aromatic rings. The molecule has 37 heavy (non-hydrogen) atoms. The second kappa shape index (κ2) is 13.5. The minimum Gasteiger partial charge on any atom is -0.490 e. The predicted molar refractivity (Wildman–Crippen MR) is 146 cm³/mol. The molecule has 1 amide bonds. The quantitative estimate of drug-likeness (QED) is 0.257. The van der Waals surface area contributed by atoms with Gasteiger partial charge in [-0.2, -0.15) is 5.10 Å². The number of nitrogens with one attached hydrogen (secondary N) is 1. The van der Waals surface area contributed by atoms with Gasteiger partial charge in [0.1, 0.15) is 6.54 Å². The molecule has 0 aliphatic heterocycles. The zero-order valence-electron chi connectivity index (χ0n) is 21.4. The van der Waals surface area contributed by atoms with E-state index < -0.39 is 22.5 Å². The predicted octanol–water partition coefficient (Wildman–Crippen LogP) is 4.78. The average Bonchev–Trinajstić information content (AvgIpc) is 2.92. The fraction of sp³-hybridized carbons (Fsp3) is 0.286. The Morgan fingerprint density at radius 2 is 1.68 bits per heavy atom. The number of sulfonamides is 1. The van der Waals surface area contributed by atoms with E-state index >= 15 is 0 Å². The SMILES string of the molecule is CCCOc1ccc(/C=N\NC(=O)CN(c2ccc(CC)cc2)S(=O)(=O)c2ccccc2)cc1OCC. The van der Waals surface area contributed by atoms with Crippen molar-refractivity contribution in [1.29, 1.82) is 0 Å². The molecule has 3 rings (SSSR count). The topological polar surface area (TPSA) is 97.3 Å². The molecule has 0 unspecified atom stereocenters. The van der Waals surface area contributed by atoms with Crippen LogP contribution in [0.2, 0.25) is 0 Å². The fourth-order valence-electron chi connectivity index (χ4n) is 3.48. The Bertz CT molecular complexity index is 1290. The van der Waals surface area contributed by atoms with E-state index in [0.717, 1.165) is 22.7 Å². The normalized spacial score (nSPS) is 11.3. The Balaban J connectivity index is 1.77. The third-order valence-electron chi connectivity index (χ3n) is 5.38. The van der Waals surface area contributed by atoms with Crippen molar-refractivity contribution in [2.75, 3.05) is 24.1 Å². The van der Waals surface area contributed by atoms with E-state index in [1.165, 1.54) is 18.3 Å². The van der Waals surface area contributed by atoms with Gasteiger partial charge in [-0.05, 0) is 73.4 Å². The zero-order valence-corrected chi connectivity index (χ0v) is 22.2. The molecular formula is C28H33N3O5S. The van der Waals surface area contributed by atoms with E-state index in [0.29, 0.717) is 36.0 Å². The number of hydrogen-bond acceptors (Lipinski definition) is 6. The highest BCUT2D eigenvalue weighted by Crippen LogP contribution is 2.28. The van der Waals surface area contributed by atoms with Crippen LogP contribution >= 0.6 is 0 Å². The van der Waals surface area contributed by atoms with Gasteiger partial charge in [-0.3, -0.25) is 9.10 Å². The van der Waals surface area contributed by atoms with Gasteiger partial charge in [0.25, 0.3) is 15.9 Å². The smallest absolute Gasteiger partial charge is 0.264 e. The van der Waals surface area contributed by atoms with Crippen molar-refractivity contribution in [3.63, 3.8) is 0 Å². The molecule has 1 N–H and O–H groups in total. The van der Waals surface area contributed by atoms with Gasteiger partial charge in [0, 0.05) is 0 Å². The number of carbonyl (C=O) groups excluding carboxylic acids is 1. The van der Waals surface area contributed by atoms with Crippen LogP contribution in [0.3, 0.4) is 0 Å². The van der Waals surface area contributed by atoms with Gasteiger partial charge < -0.3 is 9.47 Å². The molecule has 0 heterocycles. The van der Waals surface area contributed by atoms with Crippen molar-refractivity contribution >= 4 is 27.8 Å². The van der Waals surface area contributed by atoms with Gasteiger partial charge in [0.05, 0.1) is 30.0 Å². The highest BCUT2D eigenvalue weighted by atomic mass is 32.2. The maximum atomic E-state index is 13.4. The summed E-state index contributed by atoms with van der Waals surface area (Å²) >= 11 is 0. The lowest BCUT2D eigenvalue weighted by molar-refractivity contribution is -0.119. The Hall–Kier alpha value is -3.85. The number of benzene rings is 3. The molecule has 3 aromatic carbocycles. The molecule has 196 valence electrons. The van der Waals surface area contributed by atoms with Crippen molar-refractivity contribution in [1.82, 2.24) is 5.43 Å². The second-order valence-electron chi connectivity index (χ2n) is 8.13. The number of amides is 1. The van der Waals surface area contributed by atoms with Crippen LogP contribution in [0.4, 0.5) is 5.69 Å². The first-order valence-corrected chi connectivity index (χ1v) is 13.7. The summed E-state index contributed by atoms with van der Waals surface area (Å²) in [7, 11) is -3.98. The lowest BCUT2D eigenvalue weighted by atomic mass is 10.1. The van der Waals surface area contributed by atoms with Crippen molar-refractivity contribution in [2.24, 2.45) is 5.10 Å². The number of hydrazone groups is 1. The van der Waals surface area contributed by atoms with Crippen LogP contribution in [0.1, 0.15) is 38.3 Å². The molecule has 0 bridgehead atoms. The van der Waals surface area contributed by atoms with Crippen molar-refractivity contribution in [3.8, 4) is 11.5 Å². The molecule has 0 saturated carbocycles. The number of carbonyl (C=O) groups is 1. The highest BCUT2D eigenvalue weighted by molar-refractivity contribution is 7.92. The van der Waals surface area contributed by atoms with Crippen LogP contribution in [0, 0.1) is 0 Å².